The zero-order valence-electron chi connectivity index (χ0n) is 15.7. The zero-order chi connectivity index (χ0) is 20.8. The SMILES string of the molecule is CCC1(c2ccc(OC)cc2)C(=O)Nc2sc(Cl)c(-c3cccc(F)c3)c2C1=O. The molecule has 0 aliphatic carbocycles. The van der Waals surface area contributed by atoms with Gasteiger partial charge in [-0.2, -0.15) is 0 Å². The summed E-state index contributed by atoms with van der Waals surface area (Å²) in [4.78, 5) is 26.9. The first kappa shape index (κ1) is 19.6. The maximum atomic E-state index is 13.8. The Balaban J connectivity index is 1.93. The molecule has 1 amide bonds. The Morgan fingerprint density at radius 1 is 1.14 bits per heavy atom. The van der Waals surface area contributed by atoms with Crippen molar-refractivity contribution in [2.24, 2.45) is 0 Å². The van der Waals surface area contributed by atoms with Crippen LogP contribution in [0.5, 0.6) is 5.75 Å². The third kappa shape index (κ3) is 2.94. The third-order valence-corrected chi connectivity index (χ3v) is 6.64. The highest BCUT2D eigenvalue weighted by atomic mass is 35.5. The summed E-state index contributed by atoms with van der Waals surface area (Å²) in [5, 5.41) is 3.24. The lowest BCUT2D eigenvalue weighted by atomic mass is 9.69. The number of nitrogens with one attached hydrogen (secondary N) is 1. The van der Waals surface area contributed by atoms with Crippen molar-refractivity contribution in [1.82, 2.24) is 0 Å². The number of halogens is 2. The maximum absolute atomic E-state index is 13.8. The van der Waals surface area contributed by atoms with Crippen molar-refractivity contribution in [2.45, 2.75) is 18.8 Å². The van der Waals surface area contributed by atoms with Crippen LogP contribution in [0, 0.1) is 5.82 Å². The van der Waals surface area contributed by atoms with Gasteiger partial charge in [0.05, 0.1) is 12.7 Å². The Bertz CT molecular complexity index is 1130. The number of amides is 1. The average Bonchev–Trinajstić information content (AvgIpc) is 3.04. The summed E-state index contributed by atoms with van der Waals surface area (Å²) in [6.07, 6.45) is 0.263. The first-order valence-electron chi connectivity index (χ1n) is 9.01. The van der Waals surface area contributed by atoms with E-state index in [1.165, 1.54) is 12.1 Å². The zero-order valence-corrected chi connectivity index (χ0v) is 17.3. The molecule has 148 valence electrons. The van der Waals surface area contributed by atoms with Crippen LogP contribution >= 0.6 is 22.9 Å². The van der Waals surface area contributed by atoms with Gasteiger partial charge in [0, 0.05) is 5.56 Å². The molecule has 4 nitrogen and oxygen atoms in total. The number of fused-ring (bicyclic) bond motifs is 1. The molecule has 0 saturated carbocycles. The number of ether oxygens (including phenoxy) is 1. The monoisotopic (exact) mass is 429 g/mol. The highest BCUT2D eigenvalue weighted by molar-refractivity contribution is 7.21. The van der Waals surface area contributed by atoms with Gasteiger partial charge in [0.1, 0.15) is 26.3 Å². The summed E-state index contributed by atoms with van der Waals surface area (Å²) >= 11 is 7.54. The number of hydrogen-bond donors (Lipinski definition) is 1. The minimum atomic E-state index is -1.40. The largest absolute Gasteiger partial charge is 0.497 e. The molecule has 7 heteroatoms. The highest BCUT2D eigenvalue weighted by Crippen LogP contribution is 2.50. The second-order valence-corrected chi connectivity index (χ2v) is 8.36. The topological polar surface area (TPSA) is 55.4 Å². The molecular weight excluding hydrogens is 413 g/mol. The van der Waals surface area contributed by atoms with Gasteiger partial charge in [-0.15, -0.1) is 11.3 Å². The number of benzene rings is 2. The first-order valence-corrected chi connectivity index (χ1v) is 10.2. The van der Waals surface area contributed by atoms with E-state index in [9.17, 15) is 14.0 Å². The minimum Gasteiger partial charge on any atom is -0.497 e. The van der Waals surface area contributed by atoms with Crippen LogP contribution in [0.1, 0.15) is 29.3 Å². The summed E-state index contributed by atoms with van der Waals surface area (Å²) in [5.41, 5.74) is 0.440. The number of carbonyl (C=O) groups is 2. The predicted molar refractivity (Wildman–Crippen MR) is 113 cm³/mol. The lowest BCUT2D eigenvalue weighted by Crippen LogP contribution is -2.50. The molecule has 3 aromatic rings. The van der Waals surface area contributed by atoms with Crippen LogP contribution in [0.4, 0.5) is 9.39 Å². The molecule has 1 N–H and O–H groups in total. The van der Waals surface area contributed by atoms with E-state index in [-0.39, 0.29) is 12.2 Å². The second-order valence-electron chi connectivity index (χ2n) is 6.74. The van der Waals surface area contributed by atoms with E-state index in [2.05, 4.69) is 5.32 Å². The number of Topliss-reactive ketones (excluding diaryl/α,β-unsaturated/α-hetero) is 1. The van der Waals surface area contributed by atoms with Crippen LogP contribution in [-0.2, 0) is 10.2 Å². The van der Waals surface area contributed by atoms with Crippen LogP contribution in [0.3, 0.4) is 0 Å². The molecule has 0 saturated heterocycles. The van der Waals surface area contributed by atoms with Gasteiger partial charge in [-0.1, -0.05) is 42.8 Å². The number of carbonyl (C=O) groups excluding carboxylic acids is 2. The molecule has 2 heterocycles. The Morgan fingerprint density at radius 3 is 2.48 bits per heavy atom. The second kappa shape index (κ2) is 7.28. The van der Waals surface area contributed by atoms with Crippen molar-refractivity contribution in [3.05, 3.63) is 69.8 Å². The van der Waals surface area contributed by atoms with E-state index < -0.39 is 17.1 Å². The summed E-state index contributed by atoms with van der Waals surface area (Å²) in [5.74, 6) is -0.538. The first-order chi connectivity index (χ1) is 13.9. The molecule has 0 bridgehead atoms. The molecule has 1 aliphatic heterocycles. The van der Waals surface area contributed by atoms with Crippen LogP contribution in [0.2, 0.25) is 4.34 Å². The quantitative estimate of drug-likeness (QED) is 0.541. The molecular formula is C22H17ClFNO3S. The van der Waals surface area contributed by atoms with Crippen molar-refractivity contribution in [1.29, 1.82) is 0 Å². The number of anilines is 1. The van der Waals surface area contributed by atoms with Crippen LogP contribution in [0.25, 0.3) is 11.1 Å². The number of hydrogen-bond acceptors (Lipinski definition) is 4. The van der Waals surface area contributed by atoms with Gasteiger partial charge in [-0.3, -0.25) is 9.59 Å². The lowest BCUT2D eigenvalue weighted by molar-refractivity contribution is -0.120. The van der Waals surface area contributed by atoms with Crippen LogP contribution in [-0.4, -0.2) is 18.8 Å². The molecule has 29 heavy (non-hydrogen) atoms. The van der Waals surface area contributed by atoms with Gasteiger partial charge in [0.25, 0.3) is 0 Å². The van der Waals surface area contributed by atoms with Crippen molar-refractivity contribution >= 4 is 39.6 Å². The normalized spacial score (nSPS) is 18.3. The van der Waals surface area contributed by atoms with Gasteiger partial charge in [-0.05, 0) is 41.8 Å². The number of methoxy groups -OCH3 is 1. The number of thiophene rings is 1. The molecule has 0 radical (unpaired) electrons. The van der Waals surface area contributed by atoms with E-state index in [4.69, 9.17) is 16.3 Å². The van der Waals surface area contributed by atoms with E-state index in [1.807, 2.05) is 0 Å². The summed E-state index contributed by atoms with van der Waals surface area (Å²) in [6, 6.07) is 12.8. The summed E-state index contributed by atoms with van der Waals surface area (Å²) in [7, 11) is 1.55. The average molecular weight is 430 g/mol. The molecule has 1 aromatic heterocycles. The van der Waals surface area contributed by atoms with E-state index >= 15 is 0 Å². The fraction of sp³-hybridized carbons (Fsp3) is 0.182. The molecule has 1 unspecified atom stereocenters. The van der Waals surface area contributed by atoms with Crippen molar-refractivity contribution in [3.8, 4) is 16.9 Å². The fourth-order valence-electron chi connectivity index (χ4n) is 3.80. The fourth-order valence-corrected chi connectivity index (χ4v) is 5.18. The Kier molecular flexibility index (Phi) is 4.92. The highest BCUT2D eigenvalue weighted by Gasteiger charge is 2.51. The van der Waals surface area contributed by atoms with Gasteiger partial charge in [0.2, 0.25) is 5.91 Å². The van der Waals surface area contributed by atoms with Crippen molar-refractivity contribution < 1.29 is 18.7 Å². The van der Waals surface area contributed by atoms with Gasteiger partial charge in [-0.25, -0.2) is 4.39 Å². The van der Waals surface area contributed by atoms with E-state index in [0.29, 0.717) is 37.3 Å². The number of ketones is 1. The molecule has 1 aliphatic rings. The van der Waals surface area contributed by atoms with E-state index in [0.717, 1.165) is 11.3 Å². The molecule has 2 aromatic carbocycles. The van der Waals surface area contributed by atoms with Crippen molar-refractivity contribution in [3.63, 3.8) is 0 Å². The molecule has 1 atom stereocenters. The lowest BCUT2D eigenvalue weighted by Gasteiger charge is -2.34. The Morgan fingerprint density at radius 2 is 1.86 bits per heavy atom. The van der Waals surface area contributed by atoms with Gasteiger partial charge in [0.15, 0.2) is 5.78 Å². The van der Waals surface area contributed by atoms with Gasteiger partial charge >= 0.3 is 0 Å². The molecule has 0 spiro atoms. The summed E-state index contributed by atoms with van der Waals surface area (Å²) in [6.45, 7) is 1.79. The molecule has 0 fully saturated rings. The standard InChI is InChI=1S/C22H17ClFNO3S/c1-3-22(13-7-9-15(28-2)10-8-13)18(26)17-16(12-5-4-6-14(24)11-12)19(23)29-20(17)25-21(22)27/h4-11H,3H2,1-2H3,(H,25,27). The van der Waals surface area contributed by atoms with E-state index in [1.54, 1.807) is 50.4 Å². The van der Waals surface area contributed by atoms with Gasteiger partial charge < -0.3 is 10.1 Å². The maximum Gasteiger partial charge on any atom is 0.243 e. The minimum absolute atomic E-state index is 0.263. The van der Waals surface area contributed by atoms with Crippen LogP contribution in [0.15, 0.2) is 48.5 Å². The Labute approximate surface area is 176 Å². The number of rotatable bonds is 4. The predicted octanol–water partition coefficient (Wildman–Crippen LogP) is 5.70. The smallest absolute Gasteiger partial charge is 0.243 e. The summed E-state index contributed by atoms with van der Waals surface area (Å²) < 4.78 is 19.3. The Hall–Kier alpha value is -2.70. The third-order valence-electron chi connectivity index (χ3n) is 5.32. The van der Waals surface area contributed by atoms with Crippen LogP contribution < -0.4 is 10.1 Å². The van der Waals surface area contributed by atoms with Crippen molar-refractivity contribution in [2.75, 3.05) is 12.4 Å². The molecule has 4 rings (SSSR count).